The largest absolute Gasteiger partial charge is 0.369 e. The lowest BCUT2D eigenvalue weighted by atomic mass is 10.2. The third kappa shape index (κ3) is 3.77. The molecule has 0 fully saturated rings. The Labute approximate surface area is 122 Å². The molecule has 20 heavy (non-hydrogen) atoms. The Kier molecular flexibility index (Phi) is 5.06. The van der Waals surface area contributed by atoms with E-state index in [4.69, 9.17) is 0 Å². The lowest BCUT2D eigenvalue weighted by Gasteiger charge is -2.12. The molecular weight excluding hydrogens is 272 g/mol. The Hall–Kier alpha value is -1.95. The Morgan fingerprint density at radius 2 is 2.20 bits per heavy atom. The SMILES string of the molecule is CCCNc1ccc(C(=O)NC(C)c2ccsc2)nn1. The fourth-order valence-electron chi connectivity index (χ4n) is 1.68. The van der Waals surface area contributed by atoms with E-state index >= 15 is 0 Å². The van der Waals surface area contributed by atoms with E-state index in [-0.39, 0.29) is 11.9 Å². The summed E-state index contributed by atoms with van der Waals surface area (Å²) in [4.78, 5) is 12.0. The lowest BCUT2D eigenvalue weighted by molar-refractivity contribution is 0.0934. The predicted molar refractivity (Wildman–Crippen MR) is 81.0 cm³/mol. The standard InChI is InChI=1S/C14H18N4OS/c1-3-7-15-13-5-4-12(17-18-13)14(19)16-10(2)11-6-8-20-9-11/h4-6,8-10H,3,7H2,1-2H3,(H,15,18)(H,16,19). The summed E-state index contributed by atoms with van der Waals surface area (Å²) >= 11 is 1.61. The highest BCUT2D eigenvalue weighted by molar-refractivity contribution is 7.07. The van der Waals surface area contributed by atoms with Gasteiger partial charge in [0.25, 0.3) is 5.91 Å². The van der Waals surface area contributed by atoms with Crippen molar-refractivity contribution in [2.75, 3.05) is 11.9 Å². The molecule has 0 aliphatic carbocycles. The summed E-state index contributed by atoms with van der Waals surface area (Å²) in [6.07, 6.45) is 1.02. The van der Waals surface area contributed by atoms with Crippen LogP contribution in [0.15, 0.2) is 29.0 Å². The molecule has 0 aliphatic heterocycles. The Balaban J connectivity index is 1.95. The summed E-state index contributed by atoms with van der Waals surface area (Å²) < 4.78 is 0. The Morgan fingerprint density at radius 1 is 1.35 bits per heavy atom. The number of hydrogen-bond donors (Lipinski definition) is 2. The average molecular weight is 290 g/mol. The summed E-state index contributed by atoms with van der Waals surface area (Å²) in [5, 5.41) is 18.0. The van der Waals surface area contributed by atoms with Gasteiger partial charge < -0.3 is 10.6 Å². The fourth-order valence-corrected chi connectivity index (χ4v) is 2.43. The van der Waals surface area contributed by atoms with Crippen LogP contribution in [-0.2, 0) is 0 Å². The molecule has 0 radical (unpaired) electrons. The van der Waals surface area contributed by atoms with Gasteiger partial charge in [0.1, 0.15) is 5.82 Å². The minimum Gasteiger partial charge on any atom is -0.369 e. The van der Waals surface area contributed by atoms with Crippen LogP contribution in [0, 0.1) is 0 Å². The zero-order valence-electron chi connectivity index (χ0n) is 11.6. The van der Waals surface area contributed by atoms with Gasteiger partial charge in [-0.25, -0.2) is 0 Å². The number of carbonyl (C=O) groups excluding carboxylic acids is 1. The normalized spacial score (nSPS) is 11.9. The molecule has 1 atom stereocenters. The molecule has 0 spiro atoms. The molecule has 0 bridgehead atoms. The molecule has 1 amide bonds. The molecule has 0 aliphatic rings. The van der Waals surface area contributed by atoms with E-state index in [0.717, 1.165) is 18.5 Å². The number of hydrogen-bond acceptors (Lipinski definition) is 5. The minimum atomic E-state index is -0.210. The molecule has 2 aromatic heterocycles. The number of amides is 1. The van der Waals surface area contributed by atoms with Gasteiger partial charge >= 0.3 is 0 Å². The van der Waals surface area contributed by atoms with Crippen LogP contribution >= 0.6 is 11.3 Å². The molecule has 2 aromatic rings. The summed E-state index contributed by atoms with van der Waals surface area (Å²) in [7, 11) is 0. The number of carbonyl (C=O) groups is 1. The van der Waals surface area contributed by atoms with Crippen molar-refractivity contribution in [3.63, 3.8) is 0 Å². The van der Waals surface area contributed by atoms with Crippen molar-refractivity contribution in [3.05, 3.63) is 40.2 Å². The number of aromatic nitrogens is 2. The minimum absolute atomic E-state index is 0.0338. The fraction of sp³-hybridized carbons (Fsp3) is 0.357. The monoisotopic (exact) mass is 290 g/mol. The molecule has 5 nitrogen and oxygen atoms in total. The maximum atomic E-state index is 12.0. The van der Waals surface area contributed by atoms with Gasteiger partial charge in [0, 0.05) is 6.54 Å². The zero-order valence-corrected chi connectivity index (χ0v) is 12.4. The van der Waals surface area contributed by atoms with Gasteiger partial charge in [-0.15, -0.1) is 10.2 Å². The van der Waals surface area contributed by atoms with Gasteiger partial charge in [-0.05, 0) is 47.9 Å². The highest BCUT2D eigenvalue weighted by Gasteiger charge is 2.13. The van der Waals surface area contributed by atoms with E-state index in [1.807, 2.05) is 23.8 Å². The van der Waals surface area contributed by atoms with Crippen molar-refractivity contribution >= 4 is 23.1 Å². The van der Waals surface area contributed by atoms with Gasteiger partial charge in [0.2, 0.25) is 0 Å². The van der Waals surface area contributed by atoms with Gasteiger partial charge in [-0.1, -0.05) is 6.92 Å². The van der Waals surface area contributed by atoms with Crippen LogP contribution in [-0.4, -0.2) is 22.6 Å². The summed E-state index contributed by atoms with van der Waals surface area (Å²) in [5.74, 6) is 0.479. The van der Waals surface area contributed by atoms with Crippen LogP contribution in [0.2, 0.25) is 0 Å². The predicted octanol–water partition coefficient (Wildman–Crippen LogP) is 2.85. The van der Waals surface area contributed by atoms with E-state index < -0.39 is 0 Å². The quantitative estimate of drug-likeness (QED) is 0.858. The number of nitrogens with one attached hydrogen (secondary N) is 2. The first-order chi connectivity index (χ1) is 9.70. The van der Waals surface area contributed by atoms with Crippen molar-refractivity contribution < 1.29 is 4.79 Å². The van der Waals surface area contributed by atoms with Crippen molar-refractivity contribution in [2.24, 2.45) is 0 Å². The highest BCUT2D eigenvalue weighted by atomic mass is 32.1. The molecule has 2 heterocycles. The first kappa shape index (κ1) is 14.5. The van der Waals surface area contributed by atoms with E-state index in [0.29, 0.717) is 11.5 Å². The van der Waals surface area contributed by atoms with E-state index in [2.05, 4.69) is 27.8 Å². The van der Waals surface area contributed by atoms with Crippen molar-refractivity contribution in [3.8, 4) is 0 Å². The zero-order chi connectivity index (χ0) is 14.4. The third-order valence-electron chi connectivity index (χ3n) is 2.84. The molecule has 2 rings (SSSR count). The summed E-state index contributed by atoms with van der Waals surface area (Å²) in [6.45, 7) is 4.87. The smallest absolute Gasteiger partial charge is 0.272 e. The van der Waals surface area contributed by atoms with E-state index in [1.54, 1.807) is 23.5 Å². The first-order valence-electron chi connectivity index (χ1n) is 6.61. The lowest BCUT2D eigenvalue weighted by Crippen LogP contribution is -2.27. The molecule has 0 saturated carbocycles. The first-order valence-corrected chi connectivity index (χ1v) is 7.55. The van der Waals surface area contributed by atoms with Crippen LogP contribution in [0.4, 0.5) is 5.82 Å². The van der Waals surface area contributed by atoms with Crippen LogP contribution in [0.25, 0.3) is 0 Å². The maximum absolute atomic E-state index is 12.0. The Bertz CT molecular complexity index is 539. The molecule has 1 unspecified atom stereocenters. The van der Waals surface area contributed by atoms with Gasteiger partial charge in [0.05, 0.1) is 6.04 Å². The Morgan fingerprint density at radius 3 is 2.80 bits per heavy atom. The summed E-state index contributed by atoms with van der Waals surface area (Å²) in [6, 6.07) is 5.42. The molecule has 6 heteroatoms. The van der Waals surface area contributed by atoms with Crippen LogP contribution in [0.1, 0.15) is 42.4 Å². The number of nitrogens with zero attached hydrogens (tertiary/aromatic N) is 2. The van der Waals surface area contributed by atoms with Crippen LogP contribution in [0.3, 0.4) is 0 Å². The topological polar surface area (TPSA) is 66.9 Å². The van der Waals surface area contributed by atoms with E-state index in [1.165, 1.54) is 0 Å². The van der Waals surface area contributed by atoms with Crippen LogP contribution in [0.5, 0.6) is 0 Å². The number of rotatable bonds is 6. The maximum Gasteiger partial charge on any atom is 0.272 e. The highest BCUT2D eigenvalue weighted by Crippen LogP contribution is 2.16. The van der Waals surface area contributed by atoms with Gasteiger partial charge in [0.15, 0.2) is 5.69 Å². The van der Waals surface area contributed by atoms with Crippen molar-refractivity contribution in [2.45, 2.75) is 26.3 Å². The second-order valence-electron chi connectivity index (χ2n) is 4.48. The molecule has 2 N–H and O–H groups in total. The van der Waals surface area contributed by atoms with Crippen LogP contribution < -0.4 is 10.6 Å². The summed E-state index contributed by atoms with van der Waals surface area (Å²) in [5.41, 5.74) is 1.42. The second-order valence-corrected chi connectivity index (χ2v) is 5.26. The van der Waals surface area contributed by atoms with Crippen molar-refractivity contribution in [1.82, 2.24) is 15.5 Å². The number of anilines is 1. The molecule has 0 saturated heterocycles. The van der Waals surface area contributed by atoms with Gasteiger partial charge in [-0.3, -0.25) is 4.79 Å². The van der Waals surface area contributed by atoms with E-state index in [9.17, 15) is 4.79 Å². The van der Waals surface area contributed by atoms with Crippen molar-refractivity contribution in [1.29, 1.82) is 0 Å². The molecular formula is C14H18N4OS. The molecule has 0 aromatic carbocycles. The molecule has 106 valence electrons. The third-order valence-corrected chi connectivity index (χ3v) is 3.55. The second kappa shape index (κ2) is 7.00. The average Bonchev–Trinajstić information content (AvgIpc) is 3.00. The number of thiophene rings is 1. The van der Waals surface area contributed by atoms with Gasteiger partial charge in [-0.2, -0.15) is 11.3 Å².